The predicted molar refractivity (Wildman–Crippen MR) is 101 cm³/mol. The summed E-state index contributed by atoms with van der Waals surface area (Å²) in [5, 5.41) is 15.3. The van der Waals surface area contributed by atoms with Crippen molar-refractivity contribution in [1.29, 1.82) is 5.26 Å². The Kier molecular flexibility index (Phi) is 5.11. The van der Waals surface area contributed by atoms with E-state index in [4.69, 9.17) is 16.9 Å². The molecule has 7 heteroatoms. The largest absolute Gasteiger partial charge is 0.324 e. The molecule has 0 aliphatic carbocycles. The normalized spacial score (nSPS) is 10.0. The Hall–Kier alpha value is -3.43. The first-order valence-corrected chi connectivity index (χ1v) is 8.10. The Morgan fingerprint density at radius 3 is 2.62 bits per heavy atom. The van der Waals surface area contributed by atoms with Gasteiger partial charge in [0, 0.05) is 28.8 Å². The lowest BCUT2D eigenvalue weighted by Crippen LogP contribution is -2.14. The SMILES string of the molecule is Cc1c(Cl)cccc1NC(=O)c1cnc(Nc2cccc(C#N)c2)nc1. The molecule has 3 rings (SSSR count). The standard InChI is InChI=1S/C19H14ClN5O/c1-12-16(20)6-3-7-17(12)25-18(26)14-10-22-19(23-11-14)24-15-5-2-4-13(8-15)9-21/h2-8,10-11H,1H3,(H,25,26)(H,22,23,24). The summed E-state index contributed by atoms with van der Waals surface area (Å²) in [5.74, 6) is 0.00368. The van der Waals surface area contributed by atoms with Crippen LogP contribution in [0.1, 0.15) is 21.5 Å². The molecule has 26 heavy (non-hydrogen) atoms. The second-order valence-corrected chi connectivity index (χ2v) is 5.89. The number of hydrogen-bond acceptors (Lipinski definition) is 5. The van der Waals surface area contributed by atoms with E-state index >= 15 is 0 Å². The first-order valence-electron chi connectivity index (χ1n) is 7.72. The van der Waals surface area contributed by atoms with Crippen LogP contribution in [-0.2, 0) is 0 Å². The lowest BCUT2D eigenvalue weighted by molar-refractivity contribution is 0.102. The molecule has 1 aromatic heterocycles. The molecule has 0 bridgehead atoms. The second-order valence-electron chi connectivity index (χ2n) is 5.48. The number of amides is 1. The summed E-state index contributed by atoms with van der Waals surface area (Å²) in [6.07, 6.45) is 2.86. The topological polar surface area (TPSA) is 90.7 Å². The van der Waals surface area contributed by atoms with Gasteiger partial charge in [-0.2, -0.15) is 5.26 Å². The van der Waals surface area contributed by atoms with Crippen molar-refractivity contribution in [3.63, 3.8) is 0 Å². The number of hydrogen-bond donors (Lipinski definition) is 2. The summed E-state index contributed by atoms with van der Waals surface area (Å²) in [6, 6.07) is 14.3. The molecule has 0 radical (unpaired) electrons. The Morgan fingerprint density at radius 1 is 1.15 bits per heavy atom. The van der Waals surface area contributed by atoms with Gasteiger partial charge in [-0.05, 0) is 42.8 Å². The number of nitrogens with one attached hydrogen (secondary N) is 2. The number of benzene rings is 2. The number of carbonyl (C=O) groups excluding carboxylic acids is 1. The monoisotopic (exact) mass is 363 g/mol. The molecule has 0 saturated carbocycles. The number of halogens is 1. The molecule has 0 atom stereocenters. The molecule has 0 fully saturated rings. The van der Waals surface area contributed by atoms with Gasteiger partial charge < -0.3 is 10.6 Å². The van der Waals surface area contributed by atoms with Crippen molar-refractivity contribution >= 4 is 34.8 Å². The summed E-state index contributed by atoms with van der Waals surface area (Å²) < 4.78 is 0. The number of aromatic nitrogens is 2. The highest BCUT2D eigenvalue weighted by Crippen LogP contribution is 2.23. The van der Waals surface area contributed by atoms with Crippen LogP contribution in [0.25, 0.3) is 0 Å². The minimum atomic E-state index is -0.326. The minimum absolute atomic E-state index is 0.320. The maximum Gasteiger partial charge on any atom is 0.258 e. The first-order chi connectivity index (χ1) is 12.6. The number of anilines is 3. The molecule has 128 valence electrons. The smallest absolute Gasteiger partial charge is 0.258 e. The molecule has 0 aliphatic rings. The molecule has 0 unspecified atom stereocenters. The van der Waals surface area contributed by atoms with Crippen LogP contribution >= 0.6 is 11.6 Å². The molecule has 2 N–H and O–H groups in total. The summed E-state index contributed by atoms with van der Waals surface area (Å²) in [4.78, 5) is 20.6. The average molecular weight is 364 g/mol. The molecule has 0 spiro atoms. The van der Waals surface area contributed by atoms with Gasteiger partial charge in [-0.3, -0.25) is 4.79 Å². The Morgan fingerprint density at radius 2 is 1.88 bits per heavy atom. The number of rotatable bonds is 4. The van der Waals surface area contributed by atoms with E-state index in [9.17, 15) is 4.79 Å². The molecule has 2 aromatic carbocycles. The lowest BCUT2D eigenvalue weighted by Gasteiger charge is -2.09. The maximum atomic E-state index is 12.3. The third-order valence-corrected chi connectivity index (χ3v) is 4.09. The third kappa shape index (κ3) is 3.97. The van der Waals surface area contributed by atoms with Crippen molar-refractivity contribution in [1.82, 2.24) is 9.97 Å². The number of carbonyl (C=O) groups is 1. The van der Waals surface area contributed by atoms with Crippen LogP contribution in [0.5, 0.6) is 0 Å². The van der Waals surface area contributed by atoms with Crippen LogP contribution in [0.3, 0.4) is 0 Å². The summed E-state index contributed by atoms with van der Waals surface area (Å²) >= 11 is 6.06. The van der Waals surface area contributed by atoms with Crippen LogP contribution in [0.15, 0.2) is 54.9 Å². The van der Waals surface area contributed by atoms with Gasteiger partial charge in [-0.1, -0.05) is 23.7 Å². The van der Waals surface area contributed by atoms with E-state index in [1.54, 1.807) is 42.5 Å². The zero-order chi connectivity index (χ0) is 18.5. The van der Waals surface area contributed by atoms with E-state index in [1.165, 1.54) is 12.4 Å². The molecule has 6 nitrogen and oxygen atoms in total. The molecular formula is C19H14ClN5O. The van der Waals surface area contributed by atoms with Gasteiger partial charge in [-0.15, -0.1) is 0 Å². The van der Waals surface area contributed by atoms with Crippen molar-refractivity contribution in [2.24, 2.45) is 0 Å². The second kappa shape index (κ2) is 7.64. The van der Waals surface area contributed by atoms with Crippen molar-refractivity contribution in [3.8, 4) is 6.07 Å². The van der Waals surface area contributed by atoms with E-state index in [-0.39, 0.29) is 5.91 Å². The maximum absolute atomic E-state index is 12.3. The molecule has 0 saturated heterocycles. The summed E-state index contributed by atoms with van der Waals surface area (Å²) in [5.41, 5.74) is 2.97. The van der Waals surface area contributed by atoms with Crippen LogP contribution in [0.4, 0.5) is 17.3 Å². The fraction of sp³-hybridized carbons (Fsp3) is 0.0526. The Balaban J connectivity index is 1.71. The first kappa shape index (κ1) is 17.4. The summed E-state index contributed by atoms with van der Waals surface area (Å²) in [7, 11) is 0. The van der Waals surface area contributed by atoms with Crippen LogP contribution in [0.2, 0.25) is 5.02 Å². The molecule has 3 aromatic rings. The van der Waals surface area contributed by atoms with E-state index in [0.717, 1.165) is 5.56 Å². The highest BCUT2D eigenvalue weighted by Gasteiger charge is 2.10. The molecule has 0 aliphatic heterocycles. The quantitative estimate of drug-likeness (QED) is 0.720. The lowest BCUT2D eigenvalue weighted by atomic mass is 10.2. The summed E-state index contributed by atoms with van der Waals surface area (Å²) in [6.45, 7) is 1.83. The van der Waals surface area contributed by atoms with Gasteiger partial charge in [0.15, 0.2) is 0 Å². The van der Waals surface area contributed by atoms with Crippen molar-refractivity contribution in [2.45, 2.75) is 6.92 Å². The van der Waals surface area contributed by atoms with Crippen LogP contribution in [0, 0.1) is 18.3 Å². The highest BCUT2D eigenvalue weighted by atomic mass is 35.5. The third-order valence-electron chi connectivity index (χ3n) is 3.68. The molecular weight excluding hydrogens is 350 g/mol. The molecule has 1 amide bonds. The van der Waals surface area contributed by atoms with E-state index in [2.05, 4.69) is 26.7 Å². The van der Waals surface area contributed by atoms with Gasteiger partial charge in [0.1, 0.15) is 0 Å². The predicted octanol–water partition coefficient (Wildman–Crippen LogP) is 4.31. The van der Waals surface area contributed by atoms with Crippen LogP contribution < -0.4 is 10.6 Å². The van der Waals surface area contributed by atoms with Gasteiger partial charge in [0.05, 0.1) is 17.2 Å². The minimum Gasteiger partial charge on any atom is -0.324 e. The van der Waals surface area contributed by atoms with Gasteiger partial charge in [0.25, 0.3) is 5.91 Å². The number of nitriles is 1. The zero-order valence-corrected chi connectivity index (χ0v) is 14.6. The van der Waals surface area contributed by atoms with E-state index in [0.29, 0.717) is 33.5 Å². The van der Waals surface area contributed by atoms with Crippen molar-refractivity contribution < 1.29 is 4.79 Å². The van der Waals surface area contributed by atoms with Gasteiger partial charge in [0.2, 0.25) is 5.95 Å². The van der Waals surface area contributed by atoms with Crippen molar-refractivity contribution in [2.75, 3.05) is 10.6 Å². The van der Waals surface area contributed by atoms with Crippen LogP contribution in [-0.4, -0.2) is 15.9 Å². The van der Waals surface area contributed by atoms with E-state index < -0.39 is 0 Å². The average Bonchev–Trinajstić information content (AvgIpc) is 2.66. The zero-order valence-electron chi connectivity index (χ0n) is 13.8. The fourth-order valence-electron chi connectivity index (χ4n) is 2.24. The van der Waals surface area contributed by atoms with Gasteiger partial charge >= 0.3 is 0 Å². The molecule has 1 heterocycles. The number of nitrogens with zero attached hydrogens (tertiary/aromatic N) is 3. The Labute approximate surface area is 155 Å². The van der Waals surface area contributed by atoms with E-state index in [1.807, 2.05) is 6.92 Å². The van der Waals surface area contributed by atoms with Crippen molar-refractivity contribution in [3.05, 3.63) is 76.6 Å². The fourth-order valence-corrected chi connectivity index (χ4v) is 2.42. The van der Waals surface area contributed by atoms with Gasteiger partial charge in [-0.25, -0.2) is 9.97 Å². The highest BCUT2D eigenvalue weighted by molar-refractivity contribution is 6.31. The Bertz CT molecular complexity index is 996.